The van der Waals surface area contributed by atoms with Gasteiger partial charge in [-0.3, -0.25) is 9.59 Å². The van der Waals surface area contributed by atoms with E-state index in [1.54, 1.807) is 18.2 Å². The van der Waals surface area contributed by atoms with Gasteiger partial charge in [-0.2, -0.15) is 0 Å². The van der Waals surface area contributed by atoms with E-state index < -0.39 is 11.8 Å². The minimum Gasteiger partial charge on any atom is -0.318 e. The molecule has 0 bridgehead atoms. The summed E-state index contributed by atoms with van der Waals surface area (Å²) < 4.78 is 0.855. The second-order valence-electron chi connectivity index (χ2n) is 5.31. The molecule has 6 heteroatoms. The van der Waals surface area contributed by atoms with Gasteiger partial charge in [-0.25, -0.2) is 0 Å². The van der Waals surface area contributed by atoms with E-state index in [2.05, 4.69) is 26.6 Å². The number of hydrogen-bond donors (Lipinski definition) is 2. The standard InChI is InChI=1S/C17H16BrClN2O2/c1-9-6-11(3)15(14(19)7-9)21-17(23)16(22)20-12-5-4-10(2)13(18)8-12/h4-8H,1-3H3,(H,20,22)(H,21,23). The molecule has 0 aliphatic heterocycles. The summed E-state index contributed by atoms with van der Waals surface area (Å²) in [6.45, 7) is 5.67. The minimum atomic E-state index is -0.768. The maximum absolute atomic E-state index is 12.1. The van der Waals surface area contributed by atoms with Crippen LogP contribution in [0.2, 0.25) is 5.02 Å². The molecule has 2 aromatic carbocycles. The maximum atomic E-state index is 12.1. The Morgan fingerprint density at radius 1 is 0.957 bits per heavy atom. The molecule has 0 radical (unpaired) electrons. The fourth-order valence-electron chi connectivity index (χ4n) is 2.10. The van der Waals surface area contributed by atoms with Crippen LogP contribution in [-0.4, -0.2) is 11.8 Å². The molecule has 2 rings (SSSR count). The zero-order chi connectivity index (χ0) is 17.1. The van der Waals surface area contributed by atoms with E-state index in [0.29, 0.717) is 16.4 Å². The summed E-state index contributed by atoms with van der Waals surface area (Å²) in [5.41, 5.74) is 3.81. The quantitative estimate of drug-likeness (QED) is 0.730. The first kappa shape index (κ1) is 17.5. The molecule has 0 fully saturated rings. The number of aryl methyl sites for hydroxylation is 3. The predicted octanol–water partition coefficient (Wildman–Crippen LogP) is 4.60. The van der Waals surface area contributed by atoms with Crippen molar-refractivity contribution < 1.29 is 9.59 Å². The van der Waals surface area contributed by atoms with Crippen LogP contribution in [0.5, 0.6) is 0 Å². The third-order valence-corrected chi connectivity index (χ3v) is 4.46. The van der Waals surface area contributed by atoms with Gasteiger partial charge >= 0.3 is 11.8 Å². The van der Waals surface area contributed by atoms with E-state index in [-0.39, 0.29) is 0 Å². The first-order chi connectivity index (χ1) is 10.8. The van der Waals surface area contributed by atoms with E-state index in [0.717, 1.165) is 21.2 Å². The topological polar surface area (TPSA) is 58.2 Å². The minimum absolute atomic E-state index is 0.404. The van der Waals surface area contributed by atoms with Gasteiger partial charge in [-0.1, -0.05) is 39.7 Å². The van der Waals surface area contributed by atoms with Crippen LogP contribution < -0.4 is 10.6 Å². The Kier molecular flexibility index (Phi) is 5.44. The first-order valence-electron chi connectivity index (χ1n) is 6.93. The van der Waals surface area contributed by atoms with Gasteiger partial charge < -0.3 is 10.6 Å². The molecular formula is C17H16BrClN2O2. The number of anilines is 2. The van der Waals surface area contributed by atoms with E-state index in [9.17, 15) is 9.59 Å². The fourth-order valence-corrected chi connectivity index (χ4v) is 2.85. The number of amides is 2. The Hall–Kier alpha value is -1.85. The van der Waals surface area contributed by atoms with Gasteiger partial charge in [-0.05, 0) is 55.7 Å². The Bertz CT molecular complexity index is 767. The summed E-state index contributed by atoms with van der Waals surface area (Å²) in [6.07, 6.45) is 0. The van der Waals surface area contributed by atoms with Gasteiger partial charge in [0.15, 0.2) is 0 Å². The molecular weight excluding hydrogens is 380 g/mol. The van der Waals surface area contributed by atoms with Gasteiger partial charge in [0.2, 0.25) is 0 Å². The number of benzene rings is 2. The van der Waals surface area contributed by atoms with Crippen LogP contribution in [0.25, 0.3) is 0 Å². The Labute approximate surface area is 148 Å². The molecule has 2 amide bonds. The molecule has 0 unspecified atom stereocenters. The smallest absolute Gasteiger partial charge is 0.314 e. The number of nitrogens with one attached hydrogen (secondary N) is 2. The van der Waals surface area contributed by atoms with Crippen molar-refractivity contribution in [2.75, 3.05) is 10.6 Å². The number of carbonyl (C=O) groups excluding carboxylic acids is 2. The van der Waals surface area contributed by atoms with Crippen molar-refractivity contribution in [2.45, 2.75) is 20.8 Å². The van der Waals surface area contributed by atoms with Crippen LogP contribution in [0, 0.1) is 20.8 Å². The molecule has 0 spiro atoms. The van der Waals surface area contributed by atoms with Crippen LogP contribution in [0.4, 0.5) is 11.4 Å². The summed E-state index contributed by atoms with van der Waals surface area (Å²) in [7, 11) is 0. The van der Waals surface area contributed by atoms with Crippen LogP contribution in [0.3, 0.4) is 0 Å². The molecule has 0 aliphatic rings. The highest BCUT2D eigenvalue weighted by molar-refractivity contribution is 9.10. The van der Waals surface area contributed by atoms with Crippen molar-refractivity contribution in [3.63, 3.8) is 0 Å². The SMILES string of the molecule is Cc1cc(C)c(NC(=O)C(=O)Nc2ccc(C)c(Br)c2)c(Cl)c1. The largest absolute Gasteiger partial charge is 0.318 e. The summed E-state index contributed by atoms with van der Waals surface area (Å²) >= 11 is 9.51. The summed E-state index contributed by atoms with van der Waals surface area (Å²) in [6, 6.07) is 8.94. The Morgan fingerprint density at radius 3 is 2.22 bits per heavy atom. The average Bonchev–Trinajstić information content (AvgIpc) is 2.46. The van der Waals surface area contributed by atoms with E-state index >= 15 is 0 Å². The zero-order valence-electron chi connectivity index (χ0n) is 13.0. The lowest BCUT2D eigenvalue weighted by Gasteiger charge is -2.12. The summed E-state index contributed by atoms with van der Waals surface area (Å²) in [4.78, 5) is 24.1. The third kappa shape index (κ3) is 4.33. The fraction of sp³-hybridized carbons (Fsp3) is 0.176. The molecule has 2 aromatic rings. The molecule has 0 heterocycles. The van der Waals surface area contributed by atoms with Gasteiger partial charge in [0, 0.05) is 10.2 Å². The molecule has 0 saturated heterocycles. The van der Waals surface area contributed by atoms with Crippen molar-refractivity contribution in [3.8, 4) is 0 Å². The van der Waals surface area contributed by atoms with E-state index in [1.807, 2.05) is 32.9 Å². The number of hydrogen-bond acceptors (Lipinski definition) is 2. The average molecular weight is 396 g/mol. The number of rotatable bonds is 2. The maximum Gasteiger partial charge on any atom is 0.314 e. The van der Waals surface area contributed by atoms with Crippen molar-refractivity contribution in [2.24, 2.45) is 0 Å². The first-order valence-corrected chi connectivity index (χ1v) is 8.10. The zero-order valence-corrected chi connectivity index (χ0v) is 15.3. The second kappa shape index (κ2) is 7.15. The van der Waals surface area contributed by atoms with Gasteiger partial charge in [0.1, 0.15) is 0 Å². The molecule has 120 valence electrons. The van der Waals surface area contributed by atoms with Crippen molar-refractivity contribution in [3.05, 3.63) is 56.5 Å². The normalized spacial score (nSPS) is 10.3. The second-order valence-corrected chi connectivity index (χ2v) is 6.57. The molecule has 0 atom stereocenters. The lowest BCUT2D eigenvalue weighted by molar-refractivity contribution is -0.133. The molecule has 0 aromatic heterocycles. The van der Waals surface area contributed by atoms with Crippen molar-refractivity contribution in [1.29, 1.82) is 0 Å². The van der Waals surface area contributed by atoms with Gasteiger partial charge in [0.25, 0.3) is 0 Å². The molecule has 2 N–H and O–H groups in total. The number of carbonyl (C=O) groups is 2. The highest BCUT2D eigenvalue weighted by atomic mass is 79.9. The van der Waals surface area contributed by atoms with Crippen molar-refractivity contribution >= 4 is 50.7 Å². The highest BCUT2D eigenvalue weighted by Crippen LogP contribution is 2.27. The van der Waals surface area contributed by atoms with Gasteiger partial charge in [0.05, 0.1) is 10.7 Å². The molecule has 4 nitrogen and oxygen atoms in total. The summed E-state index contributed by atoms with van der Waals surface area (Å²) in [5.74, 6) is -1.52. The van der Waals surface area contributed by atoms with Gasteiger partial charge in [-0.15, -0.1) is 0 Å². The number of halogens is 2. The lowest BCUT2D eigenvalue weighted by atomic mass is 10.1. The Balaban J connectivity index is 2.11. The highest BCUT2D eigenvalue weighted by Gasteiger charge is 2.17. The van der Waals surface area contributed by atoms with Crippen LogP contribution >= 0.6 is 27.5 Å². The van der Waals surface area contributed by atoms with E-state index in [1.165, 1.54) is 0 Å². The van der Waals surface area contributed by atoms with Crippen LogP contribution in [-0.2, 0) is 9.59 Å². The van der Waals surface area contributed by atoms with Crippen molar-refractivity contribution in [1.82, 2.24) is 0 Å². The summed E-state index contributed by atoms with van der Waals surface area (Å²) in [5, 5.41) is 5.52. The molecule has 0 saturated carbocycles. The third-order valence-electron chi connectivity index (χ3n) is 3.31. The lowest BCUT2D eigenvalue weighted by Crippen LogP contribution is -2.29. The van der Waals surface area contributed by atoms with Crippen LogP contribution in [0.15, 0.2) is 34.8 Å². The van der Waals surface area contributed by atoms with Crippen LogP contribution in [0.1, 0.15) is 16.7 Å². The monoisotopic (exact) mass is 394 g/mol. The predicted molar refractivity (Wildman–Crippen MR) is 97.1 cm³/mol. The molecule has 0 aliphatic carbocycles. The van der Waals surface area contributed by atoms with E-state index in [4.69, 9.17) is 11.6 Å². The molecule has 23 heavy (non-hydrogen) atoms. The Morgan fingerprint density at radius 2 is 1.61 bits per heavy atom.